The van der Waals surface area contributed by atoms with E-state index in [1.807, 2.05) is 32.0 Å². The molecule has 1 fully saturated rings. The lowest BCUT2D eigenvalue weighted by atomic mass is 9.88. The number of carbonyl (C=O) groups excluding carboxylic acids is 2. The molecule has 2 amide bonds. The number of primary amides is 1. The molecular weight excluding hydrogens is 381 g/mol. The van der Waals surface area contributed by atoms with Gasteiger partial charge in [-0.2, -0.15) is 0 Å². The number of nitrogens with two attached hydrogens (primary N) is 1. The van der Waals surface area contributed by atoms with Crippen LogP contribution in [0.5, 0.6) is 0 Å². The van der Waals surface area contributed by atoms with Crippen LogP contribution in [0.25, 0.3) is 22.0 Å². The van der Waals surface area contributed by atoms with E-state index >= 15 is 4.39 Å². The van der Waals surface area contributed by atoms with Gasteiger partial charge in [-0.15, -0.1) is 0 Å². The Morgan fingerprint density at radius 2 is 2.10 bits per heavy atom. The third kappa shape index (κ3) is 2.46. The van der Waals surface area contributed by atoms with Crippen LogP contribution < -0.4 is 10.6 Å². The summed E-state index contributed by atoms with van der Waals surface area (Å²) in [6.07, 6.45) is 2.29. The number of rotatable bonds is 3. The first-order chi connectivity index (χ1) is 14.3. The Morgan fingerprint density at radius 3 is 2.80 bits per heavy atom. The number of H-pyrrole nitrogens is 1. The first kappa shape index (κ1) is 18.6. The van der Waals surface area contributed by atoms with Gasteiger partial charge in [0.15, 0.2) is 0 Å². The number of halogens is 1. The summed E-state index contributed by atoms with van der Waals surface area (Å²) in [7, 11) is 0. The Labute approximate surface area is 173 Å². The van der Waals surface area contributed by atoms with E-state index in [4.69, 9.17) is 5.73 Å². The number of fused-ring (bicyclic) bond motifs is 4. The van der Waals surface area contributed by atoms with Gasteiger partial charge in [0.05, 0.1) is 11.1 Å². The molecule has 3 N–H and O–H groups in total. The average Bonchev–Trinajstić information content (AvgIpc) is 3.45. The smallest absolute Gasteiger partial charge is 0.250 e. The van der Waals surface area contributed by atoms with Crippen molar-refractivity contribution in [2.45, 2.75) is 26.2 Å². The molecule has 6 heteroatoms. The molecule has 1 aliphatic carbocycles. The first-order valence-electron chi connectivity index (χ1n) is 10.0. The molecule has 3 aromatic rings. The summed E-state index contributed by atoms with van der Waals surface area (Å²) >= 11 is 0. The molecule has 1 saturated carbocycles. The molecule has 0 spiro atoms. The maximum atomic E-state index is 15.5. The van der Waals surface area contributed by atoms with Crippen LogP contribution in [0.15, 0.2) is 36.9 Å². The number of nitrogens with one attached hydrogen (secondary N) is 1. The Bertz CT molecular complexity index is 1270. The second kappa shape index (κ2) is 6.29. The predicted octanol–water partition coefficient (Wildman–Crippen LogP) is 4.33. The summed E-state index contributed by atoms with van der Waals surface area (Å²) in [5.41, 5.74) is 11.0. The molecule has 0 unspecified atom stereocenters. The van der Waals surface area contributed by atoms with Gasteiger partial charge in [0.2, 0.25) is 5.91 Å². The van der Waals surface area contributed by atoms with Crippen molar-refractivity contribution in [3.63, 3.8) is 0 Å². The highest BCUT2D eigenvalue weighted by Gasteiger charge is 2.47. The average molecular weight is 403 g/mol. The summed E-state index contributed by atoms with van der Waals surface area (Å²) in [5, 5.41) is 0.666. The van der Waals surface area contributed by atoms with Crippen LogP contribution in [0.4, 0.5) is 10.1 Å². The highest BCUT2D eigenvalue weighted by atomic mass is 19.1. The maximum Gasteiger partial charge on any atom is 0.250 e. The van der Waals surface area contributed by atoms with Crippen LogP contribution in [0.2, 0.25) is 0 Å². The van der Waals surface area contributed by atoms with Gasteiger partial charge in [-0.3, -0.25) is 9.59 Å². The maximum absolute atomic E-state index is 15.5. The number of hydrogen-bond donors (Lipinski definition) is 2. The van der Waals surface area contributed by atoms with Gasteiger partial charge in [-0.25, -0.2) is 4.39 Å². The molecule has 2 aliphatic rings. The van der Waals surface area contributed by atoms with Crippen LogP contribution in [0, 0.1) is 25.6 Å². The van der Waals surface area contributed by atoms with Crippen molar-refractivity contribution < 1.29 is 14.0 Å². The van der Waals surface area contributed by atoms with Gasteiger partial charge in [0.25, 0.3) is 5.91 Å². The minimum atomic E-state index is -0.674. The topological polar surface area (TPSA) is 79.2 Å². The highest BCUT2D eigenvalue weighted by Crippen LogP contribution is 2.58. The van der Waals surface area contributed by atoms with E-state index in [9.17, 15) is 9.59 Å². The quantitative estimate of drug-likeness (QED) is 0.639. The molecule has 5 rings (SSSR count). The minimum absolute atomic E-state index is 0.139. The van der Waals surface area contributed by atoms with Gasteiger partial charge in [-0.1, -0.05) is 18.7 Å². The number of aromatic amines is 1. The lowest BCUT2D eigenvalue weighted by Gasteiger charge is -2.30. The largest absolute Gasteiger partial charge is 0.366 e. The van der Waals surface area contributed by atoms with E-state index < -0.39 is 11.7 Å². The summed E-state index contributed by atoms with van der Waals surface area (Å²) in [4.78, 5) is 29.4. The van der Waals surface area contributed by atoms with Gasteiger partial charge in [0, 0.05) is 28.9 Å². The van der Waals surface area contributed by atoms with Crippen LogP contribution in [0.1, 0.15) is 39.5 Å². The molecule has 0 bridgehead atoms. The van der Waals surface area contributed by atoms with E-state index in [2.05, 4.69) is 11.6 Å². The molecule has 152 valence electrons. The standard InChI is InChI=1S/C24H22FN3O2/c1-4-19(29)28-10-13-8-15(13)21-14(6-5-7-18(21)28)22-17(25)9-16(24(26)30)23-20(22)11(2)12(3)27-23/h4-7,9,13,15,27H,1,8,10H2,2-3H3,(H2,26,30)/t13-,15+/m0/s1. The number of aromatic nitrogens is 1. The molecule has 5 nitrogen and oxygen atoms in total. The van der Waals surface area contributed by atoms with Crippen molar-refractivity contribution in [2.24, 2.45) is 11.7 Å². The summed E-state index contributed by atoms with van der Waals surface area (Å²) in [5.74, 6) is -0.638. The second-order valence-electron chi connectivity index (χ2n) is 8.26. The zero-order chi connectivity index (χ0) is 21.3. The lowest BCUT2D eigenvalue weighted by Crippen LogP contribution is -2.34. The molecule has 0 saturated heterocycles. The molecule has 0 radical (unpaired) electrons. The Hall–Kier alpha value is -3.41. The van der Waals surface area contributed by atoms with Crippen LogP contribution in [-0.4, -0.2) is 23.3 Å². The molecule has 2 heterocycles. The number of benzene rings is 2. The van der Waals surface area contributed by atoms with E-state index in [0.717, 1.165) is 34.5 Å². The van der Waals surface area contributed by atoms with Crippen LogP contribution in [0.3, 0.4) is 0 Å². The number of nitrogens with zero attached hydrogens (tertiary/aromatic N) is 1. The summed E-state index contributed by atoms with van der Waals surface area (Å²) in [6, 6.07) is 6.88. The Kier molecular flexibility index (Phi) is 3.90. The predicted molar refractivity (Wildman–Crippen MR) is 115 cm³/mol. The molecule has 30 heavy (non-hydrogen) atoms. The van der Waals surface area contributed by atoms with Crippen molar-refractivity contribution in [1.29, 1.82) is 0 Å². The van der Waals surface area contributed by atoms with Crippen molar-refractivity contribution in [1.82, 2.24) is 4.98 Å². The molecule has 2 aromatic carbocycles. The number of anilines is 1. The fourth-order valence-corrected chi connectivity index (χ4v) is 4.93. The van der Waals surface area contributed by atoms with Gasteiger partial charge in [0.1, 0.15) is 5.82 Å². The van der Waals surface area contributed by atoms with Crippen molar-refractivity contribution in [2.75, 3.05) is 11.4 Å². The fraction of sp³-hybridized carbons (Fsp3) is 0.250. The van der Waals surface area contributed by atoms with Crippen LogP contribution >= 0.6 is 0 Å². The SMILES string of the molecule is C=CC(=O)N1C[C@@H]2C[C@H]2c2c(-c3c(F)cc(C(N)=O)c4[nH]c(C)c(C)c34)cccc21. The van der Waals surface area contributed by atoms with Gasteiger partial charge < -0.3 is 15.6 Å². The van der Waals surface area contributed by atoms with Crippen molar-refractivity contribution in [3.05, 3.63) is 65.1 Å². The second-order valence-corrected chi connectivity index (χ2v) is 8.26. The Balaban J connectivity index is 1.85. The lowest BCUT2D eigenvalue weighted by molar-refractivity contribution is -0.114. The third-order valence-corrected chi connectivity index (χ3v) is 6.59. The molecule has 1 aliphatic heterocycles. The van der Waals surface area contributed by atoms with E-state index in [1.54, 1.807) is 4.90 Å². The minimum Gasteiger partial charge on any atom is -0.366 e. The monoisotopic (exact) mass is 403 g/mol. The molecular formula is C24H22FN3O2. The molecule has 1 aromatic heterocycles. The van der Waals surface area contributed by atoms with E-state index in [0.29, 0.717) is 34.8 Å². The van der Waals surface area contributed by atoms with Crippen LogP contribution in [-0.2, 0) is 4.79 Å². The number of carbonyl (C=O) groups is 2. The number of hydrogen-bond acceptors (Lipinski definition) is 2. The van der Waals surface area contributed by atoms with E-state index in [1.165, 1.54) is 12.1 Å². The molecule has 2 atom stereocenters. The van der Waals surface area contributed by atoms with Crippen molar-refractivity contribution in [3.8, 4) is 11.1 Å². The van der Waals surface area contributed by atoms with Gasteiger partial charge in [-0.05, 0) is 67.0 Å². The summed E-state index contributed by atoms with van der Waals surface area (Å²) < 4.78 is 15.5. The zero-order valence-corrected chi connectivity index (χ0v) is 16.9. The zero-order valence-electron chi connectivity index (χ0n) is 16.9. The third-order valence-electron chi connectivity index (χ3n) is 6.59. The number of aryl methyl sites for hydroxylation is 2. The van der Waals surface area contributed by atoms with Gasteiger partial charge >= 0.3 is 0 Å². The van der Waals surface area contributed by atoms with Crippen molar-refractivity contribution >= 4 is 28.4 Å². The summed E-state index contributed by atoms with van der Waals surface area (Å²) in [6.45, 7) is 8.08. The highest BCUT2D eigenvalue weighted by molar-refractivity contribution is 6.12. The fourth-order valence-electron chi connectivity index (χ4n) is 4.93. The normalized spacial score (nSPS) is 19.4. The first-order valence-corrected chi connectivity index (χ1v) is 10.0. The number of amides is 2. The Morgan fingerprint density at radius 1 is 1.33 bits per heavy atom. The van der Waals surface area contributed by atoms with E-state index in [-0.39, 0.29) is 11.5 Å².